The lowest BCUT2D eigenvalue weighted by molar-refractivity contribution is -0.160. The molecule has 2 atom stereocenters. The second-order valence-corrected chi connectivity index (χ2v) is 8.62. The van der Waals surface area contributed by atoms with Gasteiger partial charge in [-0.25, -0.2) is 0 Å². The summed E-state index contributed by atoms with van der Waals surface area (Å²) in [5.74, 6) is -1.61. The summed E-state index contributed by atoms with van der Waals surface area (Å²) in [7, 11) is 0. The van der Waals surface area contributed by atoms with Gasteiger partial charge in [-0.2, -0.15) is 0 Å². The highest BCUT2D eigenvalue weighted by atomic mass is 16.8. The van der Waals surface area contributed by atoms with Crippen molar-refractivity contribution < 1.29 is 23.8 Å². The molecular weight excluding hydrogens is 416 g/mol. The fourth-order valence-electron chi connectivity index (χ4n) is 4.32. The van der Waals surface area contributed by atoms with Gasteiger partial charge in [-0.3, -0.25) is 9.59 Å². The van der Waals surface area contributed by atoms with Crippen LogP contribution in [0.2, 0.25) is 0 Å². The highest BCUT2D eigenvalue weighted by Crippen LogP contribution is 2.40. The molecule has 1 fully saturated rings. The van der Waals surface area contributed by atoms with Gasteiger partial charge in [0.15, 0.2) is 29.6 Å². The van der Waals surface area contributed by atoms with Gasteiger partial charge < -0.3 is 14.2 Å². The van der Waals surface area contributed by atoms with Crippen molar-refractivity contribution in [1.29, 1.82) is 0 Å². The van der Waals surface area contributed by atoms with Crippen molar-refractivity contribution >= 4 is 11.6 Å². The first-order valence-electron chi connectivity index (χ1n) is 11.0. The highest BCUT2D eigenvalue weighted by Gasteiger charge is 2.48. The predicted molar refractivity (Wildman–Crippen MR) is 125 cm³/mol. The minimum Gasteiger partial charge on any atom is -0.353 e. The number of carbonyl (C=O) groups excluding carboxylic acids is 2. The Labute approximate surface area is 194 Å². The average Bonchev–Trinajstić information content (AvgIpc) is 3.17. The van der Waals surface area contributed by atoms with Crippen molar-refractivity contribution in [3.63, 3.8) is 0 Å². The SMILES string of the molecule is CC(=O)[C@H]1OC(C)(C)O[C@@H]1C(=O)COC(c1ccccc1)(c1ccccc1)c1ccccc1. The van der Waals surface area contributed by atoms with E-state index in [1.807, 2.05) is 91.0 Å². The summed E-state index contributed by atoms with van der Waals surface area (Å²) in [6.45, 7) is 4.53. The van der Waals surface area contributed by atoms with Crippen LogP contribution in [0.1, 0.15) is 37.5 Å². The molecule has 0 aromatic heterocycles. The molecule has 4 rings (SSSR count). The summed E-state index contributed by atoms with van der Waals surface area (Å²) < 4.78 is 18.0. The van der Waals surface area contributed by atoms with Crippen LogP contribution in [0.4, 0.5) is 0 Å². The maximum Gasteiger partial charge on any atom is 0.190 e. The molecule has 1 saturated heterocycles. The van der Waals surface area contributed by atoms with Gasteiger partial charge in [-0.15, -0.1) is 0 Å². The van der Waals surface area contributed by atoms with E-state index >= 15 is 0 Å². The van der Waals surface area contributed by atoms with Crippen molar-refractivity contribution in [3.05, 3.63) is 108 Å². The zero-order chi connectivity index (χ0) is 23.5. The third kappa shape index (κ3) is 4.67. The number of benzene rings is 3. The Morgan fingerprint density at radius 1 is 0.758 bits per heavy atom. The molecule has 0 saturated carbocycles. The van der Waals surface area contributed by atoms with E-state index in [0.29, 0.717) is 0 Å². The summed E-state index contributed by atoms with van der Waals surface area (Å²) in [4.78, 5) is 25.4. The van der Waals surface area contributed by atoms with Crippen molar-refractivity contribution in [2.24, 2.45) is 0 Å². The molecule has 0 radical (unpaired) electrons. The number of carbonyl (C=O) groups is 2. The van der Waals surface area contributed by atoms with Crippen LogP contribution in [-0.4, -0.2) is 36.2 Å². The molecule has 0 spiro atoms. The van der Waals surface area contributed by atoms with E-state index < -0.39 is 23.6 Å². The summed E-state index contributed by atoms with van der Waals surface area (Å²) >= 11 is 0. The van der Waals surface area contributed by atoms with E-state index in [0.717, 1.165) is 16.7 Å². The van der Waals surface area contributed by atoms with Crippen LogP contribution in [0.15, 0.2) is 91.0 Å². The molecule has 33 heavy (non-hydrogen) atoms. The van der Waals surface area contributed by atoms with Crippen LogP contribution in [0.25, 0.3) is 0 Å². The molecule has 0 aliphatic carbocycles. The first kappa shape index (κ1) is 23.1. The summed E-state index contributed by atoms with van der Waals surface area (Å²) in [5, 5.41) is 0. The quantitative estimate of drug-likeness (QED) is 0.473. The van der Waals surface area contributed by atoms with E-state index in [1.54, 1.807) is 13.8 Å². The van der Waals surface area contributed by atoms with Crippen LogP contribution in [0, 0.1) is 0 Å². The Bertz CT molecular complexity index is 996. The van der Waals surface area contributed by atoms with E-state index in [2.05, 4.69) is 0 Å². The first-order valence-corrected chi connectivity index (χ1v) is 11.0. The van der Waals surface area contributed by atoms with Gasteiger partial charge >= 0.3 is 0 Å². The normalized spacial score (nSPS) is 19.8. The minimum atomic E-state index is -1.03. The minimum absolute atomic E-state index is 0.251. The summed E-state index contributed by atoms with van der Waals surface area (Å²) in [6, 6.07) is 29.4. The second kappa shape index (κ2) is 9.40. The molecule has 1 aliphatic rings. The fourth-order valence-corrected chi connectivity index (χ4v) is 4.32. The van der Waals surface area contributed by atoms with E-state index in [9.17, 15) is 9.59 Å². The Morgan fingerprint density at radius 3 is 1.55 bits per heavy atom. The summed E-state index contributed by atoms with van der Waals surface area (Å²) in [5.41, 5.74) is 1.65. The molecule has 5 heteroatoms. The maximum absolute atomic E-state index is 13.3. The van der Waals surface area contributed by atoms with Crippen LogP contribution >= 0.6 is 0 Å². The molecule has 170 valence electrons. The smallest absolute Gasteiger partial charge is 0.190 e. The van der Waals surface area contributed by atoms with Gasteiger partial charge in [0, 0.05) is 0 Å². The average molecular weight is 445 g/mol. The van der Waals surface area contributed by atoms with Crippen LogP contribution in [-0.2, 0) is 29.4 Å². The maximum atomic E-state index is 13.3. The van der Waals surface area contributed by atoms with E-state index in [1.165, 1.54) is 6.92 Å². The second-order valence-electron chi connectivity index (χ2n) is 8.62. The van der Waals surface area contributed by atoms with Gasteiger partial charge in [0.05, 0.1) is 0 Å². The van der Waals surface area contributed by atoms with Crippen LogP contribution in [0.3, 0.4) is 0 Å². The van der Waals surface area contributed by atoms with Crippen LogP contribution < -0.4 is 0 Å². The zero-order valence-corrected chi connectivity index (χ0v) is 19.1. The van der Waals surface area contributed by atoms with Gasteiger partial charge in [0.2, 0.25) is 0 Å². The van der Waals surface area contributed by atoms with Gasteiger partial charge in [0.1, 0.15) is 12.2 Å². The van der Waals surface area contributed by atoms with E-state index in [-0.39, 0.29) is 18.2 Å². The highest BCUT2D eigenvalue weighted by molar-refractivity contribution is 5.93. The number of hydrogen-bond donors (Lipinski definition) is 0. The van der Waals surface area contributed by atoms with Crippen LogP contribution in [0.5, 0.6) is 0 Å². The molecule has 1 aliphatic heterocycles. The molecule has 3 aromatic carbocycles. The molecule has 0 unspecified atom stereocenters. The lowest BCUT2D eigenvalue weighted by atomic mass is 9.80. The fraction of sp³-hybridized carbons (Fsp3) is 0.286. The third-order valence-electron chi connectivity index (χ3n) is 5.79. The molecule has 5 nitrogen and oxygen atoms in total. The first-order chi connectivity index (χ1) is 15.8. The number of ether oxygens (including phenoxy) is 3. The lowest BCUT2D eigenvalue weighted by Crippen LogP contribution is -2.41. The molecule has 0 bridgehead atoms. The molecule has 0 amide bonds. The van der Waals surface area contributed by atoms with Gasteiger partial charge in [-0.1, -0.05) is 91.0 Å². The van der Waals surface area contributed by atoms with Crippen molar-refractivity contribution in [3.8, 4) is 0 Å². The van der Waals surface area contributed by atoms with E-state index in [4.69, 9.17) is 14.2 Å². The number of Topliss-reactive ketones (excluding diaryl/α,β-unsaturated/α-hetero) is 2. The molecular formula is C28H28O5. The monoisotopic (exact) mass is 444 g/mol. The lowest BCUT2D eigenvalue weighted by Gasteiger charge is -2.36. The largest absolute Gasteiger partial charge is 0.353 e. The third-order valence-corrected chi connectivity index (χ3v) is 5.79. The standard InChI is InChI=1S/C28H28O5/c1-20(29)25-26(33-27(2,3)32-25)24(30)19-31-28(21-13-7-4-8-14-21,22-15-9-5-10-16-22)23-17-11-6-12-18-23/h4-18,25-26H,19H2,1-3H3/t25-,26-/m1/s1. The van der Waals surface area contributed by atoms with Gasteiger partial charge in [0.25, 0.3) is 0 Å². The Morgan fingerprint density at radius 2 is 1.15 bits per heavy atom. The molecule has 3 aromatic rings. The van der Waals surface area contributed by atoms with Crippen molar-refractivity contribution in [1.82, 2.24) is 0 Å². The van der Waals surface area contributed by atoms with Gasteiger partial charge in [-0.05, 0) is 37.5 Å². The molecule has 1 heterocycles. The Balaban J connectivity index is 1.75. The van der Waals surface area contributed by atoms with Crippen molar-refractivity contribution in [2.75, 3.05) is 6.61 Å². The summed E-state index contributed by atoms with van der Waals surface area (Å²) in [6.07, 6.45) is -1.96. The number of ketones is 2. The number of hydrogen-bond acceptors (Lipinski definition) is 5. The Kier molecular flexibility index (Phi) is 6.56. The Hall–Kier alpha value is -3.12. The topological polar surface area (TPSA) is 61.8 Å². The number of rotatable bonds is 8. The zero-order valence-electron chi connectivity index (χ0n) is 19.1. The molecule has 0 N–H and O–H groups in total. The van der Waals surface area contributed by atoms with Crippen molar-refractivity contribution in [2.45, 2.75) is 44.4 Å². The predicted octanol–water partition coefficient (Wildman–Crippen LogP) is 4.67.